The number of carboxylic acids is 1. The van der Waals surface area contributed by atoms with Crippen molar-refractivity contribution in [3.05, 3.63) is 12.2 Å². The van der Waals surface area contributed by atoms with Crippen LogP contribution in [0.3, 0.4) is 0 Å². The molecule has 0 radical (unpaired) electrons. The molecule has 2 bridgehead atoms. The third kappa shape index (κ3) is 2.01. The van der Waals surface area contributed by atoms with E-state index in [-0.39, 0.29) is 17.7 Å². The molecule has 1 fully saturated rings. The Morgan fingerprint density at radius 2 is 1.89 bits per heavy atom. The zero-order valence-corrected chi connectivity index (χ0v) is 10.5. The van der Waals surface area contributed by atoms with Crippen LogP contribution in [0.2, 0.25) is 0 Å². The van der Waals surface area contributed by atoms with Gasteiger partial charge in [-0.25, -0.2) is 0 Å². The molecule has 2 N–H and O–H groups in total. The summed E-state index contributed by atoms with van der Waals surface area (Å²) in [6.45, 7) is 3.45. The number of allylic oxidation sites excluding steroid dienone is 2. The highest BCUT2D eigenvalue weighted by Gasteiger charge is 2.52. The van der Waals surface area contributed by atoms with Crippen molar-refractivity contribution in [2.75, 3.05) is 0 Å². The molecule has 18 heavy (non-hydrogen) atoms. The normalized spacial score (nSPS) is 33.2. The van der Waals surface area contributed by atoms with Gasteiger partial charge in [0.1, 0.15) is 0 Å². The van der Waals surface area contributed by atoms with Gasteiger partial charge in [0, 0.05) is 0 Å². The molecule has 1 amide bonds. The van der Waals surface area contributed by atoms with Gasteiger partial charge >= 0.3 is 5.97 Å². The van der Waals surface area contributed by atoms with Gasteiger partial charge in [-0.2, -0.15) is 0 Å². The second-order valence-corrected chi connectivity index (χ2v) is 5.60. The minimum absolute atomic E-state index is 0.0165. The molecule has 0 saturated heterocycles. The molecule has 0 heterocycles. The number of amides is 1. The van der Waals surface area contributed by atoms with Gasteiger partial charge in [-0.05, 0) is 32.1 Å². The largest absolute Gasteiger partial charge is 0.481 e. The number of carbonyl (C=O) groups excluding carboxylic acids is 1. The summed E-state index contributed by atoms with van der Waals surface area (Å²) in [6, 6.07) is 0. The van der Waals surface area contributed by atoms with E-state index in [0.29, 0.717) is 0 Å². The average molecular weight is 247 g/mol. The molecule has 4 unspecified atom stereocenters. The molecule has 0 aromatic rings. The first-order valence-electron chi connectivity index (χ1n) is 6.06. The fourth-order valence-electron chi connectivity index (χ4n) is 2.94. The van der Waals surface area contributed by atoms with Gasteiger partial charge in [0.05, 0.1) is 17.4 Å². The first-order valence-corrected chi connectivity index (χ1v) is 6.06. The van der Waals surface area contributed by atoms with Crippen LogP contribution in [0.1, 0.15) is 20.3 Å². The second kappa shape index (κ2) is 4.16. The van der Waals surface area contributed by atoms with Gasteiger partial charge in [0.25, 0.3) is 0 Å². The number of hydrogen-bond acceptors (Lipinski definition) is 2. The van der Waals surface area contributed by atoms with Crippen LogP contribution in [0.5, 0.6) is 0 Å². The van der Waals surface area contributed by atoms with Gasteiger partial charge in [-0.3, -0.25) is 9.59 Å². The molecule has 4 heteroatoms. The van der Waals surface area contributed by atoms with E-state index in [2.05, 4.69) is 11.2 Å². The Labute approximate surface area is 106 Å². The average Bonchev–Trinajstić information content (AvgIpc) is 2.87. The van der Waals surface area contributed by atoms with Crippen molar-refractivity contribution in [2.24, 2.45) is 23.7 Å². The maximum absolute atomic E-state index is 12.2. The van der Waals surface area contributed by atoms with E-state index < -0.39 is 23.3 Å². The molecule has 2 aliphatic rings. The van der Waals surface area contributed by atoms with Crippen LogP contribution in [-0.4, -0.2) is 22.5 Å². The van der Waals surface area contributed by atoms with Crippen molar-refractivity contribution in [3.8, 4) is 12.3 Å². The van der Waals surface area contributed by atoms with Crippen LogP contribution in [0.15, 0.2) is 12.2 Å². The van der Waals surface area contributed by atoms with E-state index in [4.69, 9.17) is 6.42 Å². The Bertz CT molecular complexity index is 458. The van der Waals surface area contributed by atoms with Crippen LogP contribution in [0, 0.1) is 36.0 Å². The van der Waals surface area contributed by atoms with Gasteiger partial charge in [0.15, 0.2) is 0 Å². The van der Waals surface area contributed by atoms with Crippen LogP contribution in [0.25, 0.3) is 0 Å². The first-order chi connectivity index (χ1) is 8.35. The Hall–Kier alpha value is -1.76. The van der Waals surface area contributed by atoms with Crippen molar-refractivity contribution >= 4 is 11.9 Å². The fraction of sp³-hybridized carbons (Fsp3) is 0.571. The van der Waals surface area contributed by atoms with Crippen LogP contribution in [-0.2, 0) is 9.59 Å². The molecule has 0 spiro atoms. The molecular weight excluding hydrogens is 230 g/mol. The number of nitrogens with one attached hydrogen (secondary N) is 1. The molecule has 96 valence electrons. The Balaban J connectivity index is 2.18. The van der Waals surface area contributed by atoms with Crippen molar-refractivity contribution in [1.29, 1.82) is 0 Å². The predicted molar refractivity (Wildman–Crippen MR) is 66.4 cm³/mol. The van der Waals surface area contributed by atoms with E-state index in [1.807, 2.05) is 12.2 Å². The summed E-state index contributed by atoms with van der Waals surface area (Å²) in [5, 5.41) is 12.0. The van der Waals surface area contributed by atoms with Crippen LogP contribution >= 0.6 is 0 Å². The van der Waals surface area contributed by atoms with Gasteiger partial charge in [-0.1, -0.05) is 18.1 Å². The topological polar surface area (TPSA) is 66.4 Å². The highest BCUT2D eigenvalue weighted by molar-refractivity contribution is 5.87. The SMILES string of the molecule is C#CC(C)(C)NC(=O)C1C2C=CC(C2)C1C(=O)O. The van der Waals surface area contributed by atoms with E-state index in [9.17, 15) is 14.7 Å². The van der Waals surface area contributed by atoms with Crippen molar-refractivity contribution in [1.82, 2.24) is 5.32 Å². The van der Waals surface area contributed by atoms with Crippen molar-refractivity contribution in [3.63, 3.8) is 0 Å². The summed E-state index contributed by atoms with van der Waals surface area (Å²) in [6.07, 6.45) is 9.96. The zero-order valence-electron chi connectivity index (χ0n) is 10.5. The fourth-order valence-corrected chi connectivity index (χ4v) is 2.94. The molecule has 2 aliphatic carbocycles. The number of carbonyl (C=O) groups is 2. The number of fused-ring (bicyclic) bond motifs is 2. The first kappa shape index (κ1) is 12.7. The lowest BCUT2D eigenvalue weighted by molar-refractivity contribution is -0.148. The number of rotatable bonds is 3. The van der Waals surface area contributed by atoms with E-state index in [1.54, 1.807) is 13.8 Å². The summed E-state index contributed by atoms with van der Waals surface area (Å²) in [4.78, 5) is 23.5. The minimum Gasteiger partial charge on any atom is -0.481 e. The monoisotopic (exact) mass is 247 g/mol. The minimum atomic E-state index is -0.898. The highest BCUT2D eigenvalue weighted by Crippen LogP contribution is 2.48. The molecule has 0 aromatic carbocycles. The second-order valence-electron chi connectivity index (χ2n) is 5.60. The molecule has 1 saturated carbocycles. The lowest BCUT2D eigenvalue weighted by Gasteiger charge is -2.28. The molecule has 2 rings (SSSR count). The quantitative estimate of drug-likeness (QED) is 0.578. The van der Waals surface area contributed by atoms with Gasteiger partial charge < -0.3 is 10.4 Å². The Kier molecular flexibility index (Phi) is 2.94. The number of terminal acetylenes is 1. The molecule has 4 atom stereocenters. The zero-order chi connectivity index (χ0) is 13.5. The van der Waals surface area contributed by atoms with Crippen molar-refractivity contribution in [2.45, 2.75) is 25.8 Å². The Morgan fingerprint density at radius 1 is 1.33 bits per heavy atom. The molecule has 0 aromatic heterocycles. The third-order valence-electron chi connectivity index (χ3n) is 3.84. The maximum Gasteiger partial charge on any atom is 0.307 e. The number of carboxylic acid groups (broad SMARTS) is 1. The van der Waals surface area contributed by atoms with Gasteiger partial charge in [0.2, 0.25) is 5.91 Å². The molecular formula is C14H17NO3. The van der Waals surface area contributed by atoms with E-state index >= 15 is 0 Å². The molecule has 0 aliphatic heterocycles. The summed E-state index contributed by atoms with van der Waals surface area (Å²) < 4.78 is 0. The lowest BCUT2D eigenvalue weighted by atomic mass is 9.82. The lowest BCUT2D eigenvalue weighted by Crippen LogP contribution is -2.48. The predicted octanol–water partition coefficient (Wildman–Crippen LogP) is 1.04. The van der Waals surface area contributed by atoms with E-state index in [0.717, 1.165) is 6.42 Å². The standard InChI is InChI=1S/C14H17NO3/c1-4-14(2,3)15-12(16)10-8-5-6-9(7-8)11(10)13(17)18/h1,5-6,8-11H,7H2,2-3H3,(H,15,16)(H,17,18). The Morgan fingerprint density at radius 3 is 2.39 bits per heavy atom. The summed E-state index contributed by atoms with van der Waals surface area (Å²) >= 11 is 0. The smallest absolute Gasteiger partial charge is 0.307 e. The highest BCUT2D eigenvalue weighted by atomic mass is 16.4. The van der Waals surface area contributed by atoms with Crippen molar-refractivity contribution < 1.29 is 14.7 Å². The molecule has 4 nitrogen and oxygen atoms in total. The van der Waals surface area contributed by atoms with E-state index in [1.165, 1.54) is 0 Å². The van der Waals surface area contributed by atoms with Crippen LogP contribution < -0.4 is 5.32 Å². The summed E-state index contributed by atoms with van der Waals surface area (Å²) in [7, 11) is 0. The summed E-state index contributed by atoms with van der Waals surface area (Å²) in [5.74, 6) is 0.244. The third-order valence-corrected chi connectivity index (χ3v) is 3.84. The maximum atomic E-state index is 12.2. The summed E-state index contributed by atoms with van der Waals surface area (Å²) in [5.41, 5.74) is -0.744. The number of aliphatic carboxylic acids is 1. The van der Waals surface area contributed by atoms with Gasteiger partial charge in [-0.15, -0.1) is 6.42 Å². The van der Waals surface area contributed by atoms with Crippen LogP contribution in [0.4, 0.5) is 0 Å². The number of hydrogen-bond donors (Lipinski definition) is 2.